The molecule has 2 bridgehead atoms. The fourth-order valence-corrected chi connectivity index (χ4v) is 6.27. The number of morpholine rings is 1. The fraction of sp³-hybridized carbons (Fsp3) is 0.600. The van der Waals surface area contributed by atoms with E-state index >= 15 is 0 Å². The molecule has 9 nitrogen and oxygen atoms in total. The van der Waals surface area contributed by atoms with Gasteiger partial charge in [0.1, 0.15) is 11.6 Å². The number of hydrogen-bond donors (Lipinski definition) is 2. The quantitative estimate of drug-likeness (QED) is 0.627. The lowest BCUT2D eigenvalue weighted by Crippen LogP contribution is -2.58. The van der Waals surface area contributed by atoms with Crippen LogP contribution in [0.3, 0.4) is 0 Å². The van der Waals surface area contributed by atoms with Gasteiger partial charge in [-0.3, -0.25) is 9.59 Å². The topological polar surface area (TPSA) is 101 Å². The predicted octanol–water partition coefficient (Wildman–Crippen LogP) is 3.25. The molecule has 188 valence electrons. The third kappa shape index (κ3) is 4.51. The zero-order valence-corrected chi connectivity index (χ0v) is 21.2. The maximum absolute atomic E-state index is 12.9. The highest BCUT2D eigenvalue weighted by Gasteiger charge is 2.56. The summed E-state index contributed by atoms with van der Waals surface area (Å²) in [7, 11) is 0. The first-order valence-electron chi connectivity index (χ1n) is 12.4. The number of halogens is 1. The first kappa shape index (κ1) is 24.1. The van der Waals surface area contributed by atoms with Gasteiger partial charge in [-0.15, -0.1) is 0 Å². The highest BCUT2D eigenvalue weighted by atomic mass is 35.5. The number of hydrogen-bond acceptors (Lipinski definition) is 7. The number of ether oxygens (including phenoxy) is 1. The van der Waals surface area contributed by atoms with Crippen molar-refractivity contribution < 1.29 is 9.53 Å². The molecule has 0 radical (unpaired) electrons. The van der Waals surface area contributed by atoms with Crippen molar-refractivity contribution in [3.05, 3.63) is 39.9 Å². The van der Waals surface area contributed by atoms with Crippen molar-refractivity contribution in [2.45, 2.75) is 46.2 Å². The molecular weight excluding hydrogens is 468 g/mol. The number of fused-ring (bicyclic) bond motifs is 2. The van der Waals surface area contributed by atoms with Gasteiger partial charge >= 0.3 is 0 Å². The molecule has 2 aromatic rings. The molecule has 3 aliphatic carbocycles. The number of carbonyl (C=O) groups is 1. The Balaban J connectivity index is 1.25. The van der Waals surface area contributed by atoms with E-state index in [9.17, 15) is 9.59 Å². The van der Waals surface area contributed by atoms with E-state index in [4.69, 9.17) is 16.3 Å². The standard InChI is InChI=1S/C25H33ClN6O3/c1-15-17-11-16(25(17,2)3)12-19(15)29-20-13-28-32(24(34)22(20)26)14-21(33)30-18-5-4-6-27-23(18)31-7-9-35-10-8-31/h4-6,13,15-17,19,29H,7-12,14H2,1-3H3,(H,30,33)/t15-,16-,17+,19-/m1/s1. The number of aromatic nitrogens is 3. The maximum atomic E-state index is 12.9. The fourth-order valence-electron chi connectivity index (χ4n) is 6.07. The normalized spacial score (nSPS) is 27.1. The number of rotatable bonds is 6. The van der Waals surface area contributed by atoms with E-state index in [2.05, 4.69) is 46.4 Å². The predicted molar refractivity (Wildman–Crippen MR) is 136 cm³/mol. The van der Waals surface area contributed by atoms with Crippen LogP contribution in [0.15, 0.2) is 29.3 Å². The molecule has 2 N–H and O–H groups in total. The first-order valence-corrected chi connectivity index (χ1v) is 12.7. The lowest BCUT2D eigenvalue weighted by molar-refractivity contribution is -0.117. The third-order valence-electron chi connectivity index (χ3n) is 8.34. The van der Waals surface area contributed by atoms with Crippen LogP contribution in [0.4, 0.5) is 17.2 Å². The first-order chi connectivity index (χ1) is 16.8. The van der Waals surface area contributed by atoms with Crippen LogP contribution in [0, 0.1) is 23.2 Å². The van der Waals surface area contributed by atoms with Crippen molar-refractivity contribution in [3.8, 4) is 0 Å². The Hall–Kier alpha value is -2.65. The maximum Gasteiger partial charge on any atom is 0.288 e. The second-order valence-corrected chi connectivity index (χ2v) is 10.9. The molecule has 4 atom stereocenters. The molecule has 6 rings (SSSR count). The molecule has 4 aliphatic rings. The molecule has 10 heteroatoms. The number of anilines is 3. The monoisotopic (exact) mass is 500 g/mol. The van der Waals surface area contributed by atoms with Crippen LogP contribution >= 0.6 is 11.6 Å². The van der Waals surface area contributed by atoms with Gasteiger partial charge in [-0.1, -0.05) is 32.4 Å². The number of nitrogens with zero attached hydrogens (tertiary/aromatic N) is 4. The second kappa shape index (κ2) is 9.43. The SMILES string of the molecule is C[C@H]1[C@H](Nc2cnn(CC(=O)Nc3cccnc3N3CCOCC3)c(=O)c2Cl)C[C@H]2C[C@@H]1C2(C)C. The van der Waals surface area contributed by atoms with E-state index < -0.39 is 5.56 Å². The van der Waals surface area contributed by atoms with Gasteiger partial charge in [-0.05, 0) is 48.1 Å². The van der Waals surface area contributed by atoms with Gasteiger partial charge < -0.3 is 20.3 Å². The minimum absolute atomic E-state index is 0.0638. The molecule has 4 fully saturated rings. The van der Waals surface area contributed by atoms with Crippen molar-refractivity contribution >= 4 is 34.7 Å². The summed E-state index contributed by atoms with van der Waals surface area (Å²) in [5.74, 6) is 2.16. The Morgan fingerprint density at radius 2 is 2.03 bits per heavy atom. The minimum Gasteiger partial charge on any atom is -0.379 e. The average molecular weight is 501 g/mol. The Labute approximate surface area is 210 Å². The van der Waals surface area contributed by atoms with Gasteiger partial charge in [0.15, 0.2) is 5.82 Å². The summed E-state index contributed by atoms with van der Waals surface area (Å²) in [6.07, 6.45) is 5.58. The molecule has 3 saturated carbocycles. The van der Waals surface area contributed by atoms with Crippen LogP contribution in [0.25, 0.3) is 0 Å². The Bertz CT molecular complexity index is 1160. The van der Waals surface area contributed by atoms with E-state index in [-0.39, 0.29) is 23.5 Å². The molecule has 35 heavy (non-hydrogen) atoms. The van der Waals surface area contributed by atoms with Crippen LogP contribution in [-0.4, -0.2) is 53.0 Å². The van der Waals surface area contributed by atoms with E-state index in [1.807, 2.05) is 0 Å². The van der Waals surface area contributed by atoms with Crippen LogP contribution in [0.5, 0.6) is 0 Å². The molecule has 1 saturated heterocycles. The Kier molecular flexibility index (Phi) is 6.48. The zero-order valence-electron chi connectivity index (χ0n) is 20.5. The lowest BCUT2D eigenvalue weighted by atomic mass is 9.45. The van der Waals surface area contributed by atoms with Crippen molar-refractivity contribution in [2.24, 2.45) is 23.2 Å². The van der Waals surface area contributed by atoms with Crippen LogP contribution < -0.4 is 21.1 Å². The molecule has 1 amide bonds. The lowest BCUT2D eigenvalue weighted by Gasteiger charge is -2.62. The Morgan fingerprint density at radius 1 is 1.26 bits per heavy atom. The summed E-state index contributed by atoms with van der Waals surface area (Å²) in [4.78, 5) is 32.2. The molecule has 0 aromatic carbocycles. The van der Waals surface area contributed by atoms with Crippen molar-refractivity contribution in [2.75, 3.05) is 41.8 Å². The molecule has 0 unspecified atom stereocenters. The van der Waals surface area contributed by atoms with Gasteiger partial charge in [-0.2, -0.15) is 5.10 Å². The summed E-state index contributed by atoms with van der Waals surface area (Å²) in [5, 5.41) is 10.6. The molecular formula is C25H33ClN6O3. The summed E-state index contributed by atoms with van der Waals surface area (Å²) in [5.41, 5.74) is 1.02. The average Bonchev–Trinajstić information content (AvgIpc) is 2.85. The van der Waals surface area contributed by atoms with Gasteiger partial charge in [0, 0.05) is 25.3 Å². The third-order valence-corrected chi connectivity index (χ3v) is 8.71. The van der Waals surface area contributed by atoms with Crippen molar-refractivity contribution in [1.82, 2.24) is 14.8 Å². The summed E-state index contributed by atoms with van der Waals surface area (Å²) in [6.45, 7) is 9.36. The number of carbonyl (C=O) groups excluding carboxylic acids is 1. The Morgan fingerprint density at radius 3 is 2.74 bits per heavy atom. The summed E-state index contributed by atoms with van der Waals surface area (Å²) >= 11 is 6.44. The van der Waals surface area contributed by atoms with Crippen molar-refractivity contribution in [3.63, 3.8) is 0 Å². The van der Waals surface area contributed by atoms with Gasteiger partial charge in [-0.25, -0.2) is 9.67 Å². The molecule has 1 aliphatic heterocycles. The second-order valence-electron chi connectivity index (χ2n) is 10.6. The highest BCUT2D eigenvalue weighted by molar-refractivity contribution is 6.32. The largest absolute Gasteiger partial charge is 0.379 e. The smallest absolute Gasteiger partial charge is 0.288 e. The van der Waals surface area contributed by atoms with E-state index in [0.29, 0.717) is 66.7 Å². The molecule has 0 spiro atoms. The zero-order chi connectivity index (χ0) is 24.7. The van der Waals surface area contributed by atoms with Crippen LogP contribution in [0.1, 0.15) is 33.6 Å². The summed E-state index contributed by atoms with van der Waals surface area (Å²) < 4.78 is 6.50. The summed E-state index contributed by atoms with van der Waals surface area (Å²) in [6, 6.07) is 3.82. The minimum atomic E-state index is -0.486. The van der Waals surface area contributed by atoms with Gasteiger partial charge in [0.2, 0.25) is 5.91 Å². The number of amides is 1. The number of pyridine rings is 1. The van der Waals surface area contributed by atoms with E-state index in [1.165, 1.54) is 6.42 Å². The molecule has 2 aromatic heterocycles. The van der Waals surface area contributed by atoms with Crippen molar-refractivity contribution in [1.29, 1.82) is 0 Å². The number of nitrogens with one attached hydrogen (secondary N) is 2. The van der Waals surface area contributed by atoms with E-state index in [1.54, 1.807) is 24.5 Å². The van der Waals surface area contributed by atoms with Crippen LogP contribution in [-0.2, 0) is 16.1 Å². The van der Waals surface area contributed by atoms with E-state index in [0.717, 1.165) is 11.1 Å². The van der Waals surface area contributed by atoms with Gasteiger partial charge in [0.05, 0.1) is 30.8 Å². The molecule has 3 heterocycles. The van der Waals surface area contributed by atoms with Crippen LogP contribution in [0.2, 0.25) is 5.02 Å². The highest BCUT2D eigenvalue weighted by Crippen LogP contribution is 2.61. The van der Waals surface area contributed by atoms with Gasteiger partial charge in [0.25, 0.3) is 5.56 Å².